The molecule has 17 heavy (non-hydrogen) atoms. The van der Waals surface area contributed by atoms with Gasteiger partial charge in [0.2, 0.25) is 0 Å². The standard InChI is InChI=1S/C10H9BrN2O2S2/c1-5-2-7(17-8(5)11)9(14)12-3-6-4-16-10(15)13-6/h2,4H,3H2,1H3,(H,12,14)(H,13,15). The number of carbonyl (C=O) groups excluding carboxylic acids is 1. The van der Waals surface area contributed by atoms with Crippen LogP contribution in [0.4, 0.5) is 0 Å². The number of aryl methyl sites for hydroxylation is 1. The third-order valence-electron chi connectivity index (χ3n) is 2.09. The van der Waals surface area contributed by atoms with Crippen molar-refractivity contribution in [1.82, 2.24) is 10.3 Å². The minimum absolute atomic E-state index is 0.107. The van der Waals surface area contributed by atoms with Crippen LogP contribution in [0.1, 0.15) is 20.9 Å². The zero-order valence-corrected chi connectivity index (χ0v) is 12.1. The Morgan fingerprint density at radius 2 is 2.35 bits per heavy atom. The van der Waals surface area contributed by atoms with E-state index >= 15 is 0 Å². The maximum Gasteiger partial charge on any atom is 0.304 e. The predicted octanol–water partition coefficient (Wildman–Crippen LogP) is 2.50. The minimum atomic E-state index is -0.129. The smallest absolute Gasteiger partial charge is 0.304 e. The summed E-state index contributed by atoms with van der Waals surface area (Å²) >= 11 is 5.87. The van der Waals surface area contributed by atoms with Gasteiger partial charge in [0.25, 0.3) is 5.91 Å². The summed E-state index contributed by atoms with van der Waals surface area (Å²) in [6.45, 7) is 2.28. The Morgan fingerprint density at radius 1 is 1.59 bits per heavy atom. The summed E-state index contributed by atoms with van der Waals surface area (Å²) in [6, 6.07) is 1.83. The van der Waals surface area contributed by atoms with Crippen LogP contribution in [0.5, 0.6) is 0 Å². The maximum absolute atomic E-state index is 11.8. The van der Waals surface area contributed by atoms with Gasteiger partial charge in [-0.05, 0) is 34.5 Å². The number of H-pyrrole nitrogens is 1. The molecule has 4 nitrogen and oxygen atoms in total. The van der Waals surface area contributed by atoms with E-state index < -0.39 is 0 Å². The molecule has 0 spiro atoms. The lowest BCUT2D eigenvalue weighted by molar-refractivity contribution is 0.0954. The van der Waals surface area contributed by atoms with Crippen LogP contribution in [0.15, 0.2) is 20.0 Å². The van der Waals surface area contributed by atoms with Crippen LogP contribution in [0, 0.1) is 6.92 Å². The first kappa shape index (κ1) is 12.5. The van der Waals surface area contributed by atoms with Crippen molar-refractivity contribution in [2.24, 2.45) is 0 Å². The highest BCUT2D eigenvalue weighted by Crippen LogP contribution is 2.27. The Bertz CT molecular complexity index is 580. The summed E-state index contributed by atoms with van der Waals surface area (Å²) in [5.41, 5.74) is 1.77. The SMILES string of the molecule is Cc1cc(C(=O)NCc2csc(=O)[nH]2)sc1Br. The highest BCUT2D eigenvalue weighted by Gasteiger charge is 2.11. The third kappa shape index (κ3) is 3.05. The summed E-state index contributed by atoms with van der Waals surface area (Å²) in [6.07, 6.45) is 0. The number of rotatable bonds is 3. The van der Waals surface area contributed by atoms with E-state index in [-0.39, 0.29) is 10.8 Å². The molecule has 0 unspecified atom stereocenters. The maximum atomic E-state index is 11.8. The fourth-order valence-corrected chi connectivity index (χ4v) is 3.27. The molecule has 0 bridgehead atoms. The van der Waals surface area contributed by atoms with Crippen molar-refractivity contribution in [3.8, 4) is 0 Å². The zero-order valence-electron chi connectivity index (χ0n) is 8.87. The van der Waals surface area contributed by atoms with E-state index in [0.29, 0.717) is 11.4 Å². The van der Waals surface area contributed by atoms with Crippen molar-refractivity contribution in [3.63, 3.8) is 0 Å². The molecule has 2 aromatic rings. The number of hydrogen-bond donors (Lipinski definition) is 2. The molecule has 7 heteroatoms. The van der Waals surface area contributed by atoms with Gasteiger partial charge >= 0.3 is 4.87 Å². The number of aromatic amines is 1. The van der Waals surface area contributed by atoms with E-state index in [2.05, 4.69) is 26.2 Å². The summed E-state index contributed by atoms with van der Waals surface area (Å²) in [5, 5.41) is 4.46. The van der Waals surface area contributed by atoms with Crippen molar-refractivity contribution in [2.75, 3.05) is 0 Å². The van der Waals surface area contributed by atoms with Crippen molar-refractivity contribution in [2.45, 2.75) is 13.5 Å². The molecule has 2 N–H and O–H groups in total. The lowest BCUT2D eigenvalue weighted by Crippen LogP contribution is -2.22. The molecule has 1 amide bonds. The van der Waals surface area contributed by atoms with E-state index in [1.54, 1.807) is 5.38 Å². The van der Waals surface area contributed by atoms with Gasteiger partial charge in [0.15, 0.2) is 0 Å². The van der Waals surface area contributed by atoms with Crippen molar-refractivity contribution >= 4 is 44.5 Å². The van der Waals surface area contributed by atoms with Crippen molar-refractivity contribution in [1.29, 1.82) is 0 Å². The molecular formula is C10H9BrN2O2S2. The molecule has 0 aliphatic carbocycles. The summed E-state index contributed by atoms with van der Waals surface area (Å²) in [4.78, 5) is 25.9. The van der Waals surface area contributed by atoms with E-state index in [0.717, 1.165) is 26.4 Å². The molecule has 0 aliphatic heterocycles. The topological polar surface area (TPSA) is 62.0 Å². The first-order chi connectivity index (χ1) is 8.06. The van der Waals surface area contributed by atoms with Crippen LogP contribution in [0.3, 0.4) is 0 Å². The number of halogens is 1. The molecule has 0 aliphatic rings. The van der Waals surface area contributed by atoms with Crippen LogP contribution in [0.2, 0.25) is 0 Å². The van der Waals surface area contributed by atoms with Gasteiger partial charge in [0, 0.05) is 11.1 Å². The van der Waals surface area contributed by atoms with Crippen LogP contribution in [-0.4, -0.2) is 10.9 Å². The Labute approximate surface area is 114 Å². The second kappa shape index (κ2) is 5.16. The molecule has 0 saturated carbocycles. The summed E-state index contributed by atoms with van der Waals surface area (Å²) in [7, 11) is 0. The fourth-order valence-electron chi connectivity index (χ4n) is 1.23. The first-order valence-electron chi connectivity index (χ1n) is 4.77. The number of carbonyl (C=O) groups is 1. The molecule has 2 aromatic heterocycles. The van der Waals surface area contributed by atoms with Crippen LogP contribution in [0.25, 0.3) is 0 Å². The normalized spacial score (nSPS) is 10.5. The highest BCUT2D eigenvalue weighted by molar-refractivity contribution is 9.11. The second-order valence-corrected chi connectivity index (χ2v) is 6.64. The monoisotopic (exact) mass is 332 g/mol. The number of nitrogens with one attached hydrogen (secondary N) is 2. The molecular weight excluding hydrogens is 324 g/mol. The largest absolute Gasteiger partial charge is 0.346 e. The Morgan fingerprint density at radius 3 is 2.88 bits per heavy atom. The van der Waals surface area contributed by atoms with Gasteiger partial charge < -0.3 is 10.3 Å². The zero-order chi connectivity index (χ0) is 12.4. The molecule has 0 atom stereocenters. The van der Waals surface area contributed by atoms with E-state index in [9.17, 15) is 9.59 Å². The van der Waals surface area contributed by atoms with Gasteiger partial charge in [0.05, 0.1) is 15.2 Å². The molecule has 0 fully saturated rings. The highest BCUT2D eigenvalue weighted by atomic mass is 79.9. The van der Waals surface area contributed by atoms with E-state index in [1.165, 1.54) is 11.3 Å². The molecule has 90 valence electrons. The van der Waals surface area contributed by atoms with Crippen LogP contribution < -0.4 is 10.2 Å². The molecule has 0 aromatic carbocycles. The van der Waals surface area contributed by atoms with Crippen LogP contribution >= 0.6 is 38.6 Å². The van der Waals surface area contributed by atoms with Gasteiger partial charge in [-0.1, -0.05) is 11.3 Å². The average Bonchev–Trinajstić information content (AvgIpc) is 2.83. The summed E-state index contributed by atoms with van der Waals surface area (Å²) in [5.74, 6) is -0.129. The van der Waals surface area contributed by atoms with Gasteiger partial charge in [-0.25, -0.2) is 0 Å². The first-order valence-corrected chi connectivity index (χ1v) is 7.26. The van der Waals surface area contributed by atoms with Gasteiger partial charge in [0.1, 0.15) is 0 Å². The van der Waals surface area contributed by atoms with Crippen LogP contribution in [-0.2, 0) is 6.54 Å². The summed E-state index contributed by atoms with van der Waals surface area (Å²) < 4.78 is 0.964. The molecule has 0 saturated heterocycles. The minimum Gasteiger partial charge on any atom is -0.346 e. The fraction of sp³-hybridized carbons (Fsp3) is 0.200. The van der Waals surface area contributed by atoms with E-state index in [1.807, 2.05) is 13.0 Å². The average molecular weight is 333 g/mol. The third-order valence-corrected chi connectivity index (χ3v) is 4.95. The second-order valence-electron chi connectivity index (χ2n) is 3.42. The molecule has 0 radical (unpaired) electrons. The number of thiophene rings is 1. The Balaban J connectivity index is 2.00. The Hall–Kier alpha value is -0.920. The van der Waals surface area contributed by atoms with Crippen molar-refractivity contribution in [3.05, 3.63) is 41.0 Å². The van der Waals surface area contributed by atoms with Crippen molar-refractivity contribution < 1.29 is 4.79 Å². The number of thiazole rings is 1. The van der Waals surface area contributed by atoms with Gasteiger partial charge in [-0.2, -0.15) is 0 Å². The predicted molar refractivity (Wildman–Crippen MR) is 72.9 cm³/mol. The van der Waals surface area contributed by atoms with E-state index in [4.69, 9.17) is 0 Å². The molecule has 2 rings (SSSR count). The lowest BCUT2D eigenvalue weighted by atomic mass is 10.3. The quantitative estimate of drug-likeness (QED) is 0.907. The lowest BCUT2D eigenvalue weighted by Gasteiger charge is -2.00. The number of hydrogen-bond acceptors (Lipinski definition) is 4. The number of aromatic nitrogens is 1. The number of amides is 1. The van der Waals surface area contributed by atoms with Gasteiger partial charge in [-0.15, -0.1) is 11.3 Å². The Kier molecular flexibility index (Phi) is 3.80. The molecule has 2 heterocycles. The van der Waals surface area contributed by atoms with Gasteiger partial charge in [-0.3, -0.25) is 9.59 Å².